The van der Waals surface area contributed by atoms with Crippen LogP contribution in [0.5, 0.6) is 0 Å². The van der Waals surface area contributed by atoms with E-state index in [1.54, 1.807) is 0 Å². The second-order valence-electron chi connectivity index (χ2n) is 22.6. The van der Waals surface area contributed by atoms with Crippen molar-refractivity contribution in [2.45, 2.75) is 216 Å². The van der Waals surface area contributed by atoms with E-state index in [4.69, 9.17) is 18.9 Å². The summed E-state index contributed by atoms with van der Waals surface area (Å²) in [6.45, 7) is 30.8. The minimum Gasteiger partial charge on any atom is -0.506 e. The van der Waals surface area contributed by atoms with E-state index in [9.17, 15) is 29.1 Å². The first-order valence-corrected chi connectivity index (χ1v) is 28.0. The molecule has 2 N–H and O–H groups in total. The molecule has 14 nitrogen and oxygen atoms in total. The quantitative estimate of drug-likeness (QED) is 0.0511. The topological polar surface area (TPSA) is 173 Å². The molecule has 2 aliphatic carbocycles. The van der Waals surface area contributed by atoms with E-state index in [1.165, 1.54) is 0 Å². The average molecular weight is 1030 g/mol. The van der Waals surface area contributed by atoms with E-state index in [2.05, 4.69) is 117 Å². The van der Waals surface area contributed by atoms with Gasteiger partial charge in [0, 0.05) is 70.4 Å². The largest absolute Gasteiger partial charge is 0.508 e. The van der Waals surface area contributed by atoms with Gasteiger partial charge in [0.15, 0.2) is 0 Å². The predicted molar refractivity (Wildman–Crippen MR) is 294 cm³/mol. The number of allylic oxidation sites excluding steroid dienone is 6. The average Bonchev–Trinajstić information content (AvgIpc) is 3.66. The molecule has 410 valence electrons. The number of aliphatic hydroxyl groups excluding tert-OH is 1. The van der Waals surface area contributed by atoms with Crippen LogP contribution < -0.4 is 10.2 Å². The molecule has 0 aromatic heterocycles. The molecule has 2 amide bonds. The Kier molecular flexibility index (Phi) is 21.2. The summed E-state index contributed by atoms with van der Waals surface area (Å²) < 4.78 is 21.4. The number of ether oxygens (including phenoxy) is 4. The first-order valence-electron chi connectivity index (χ1n) is 28.0. The molecule has 1 aromatic rings. The van der Waals surface area contributed by atoms with Crippen molar-refractivity contribution < 1.29 is 48.0 Å². The number of unbranched alkanes of at least 4 members (excludes halogenated alkanes) is 4. The van der Waals surface area contributed by atoms with E-state index in [1.807, 2.05) is 24.3 Å². The highest BCUT2D eigenvalue weighted by molar-refractivity contribution is 6.42. The van der Waals surface area contributed by atoms with Gasteiger partial charge in [-0.2, -0.15) is 0 Å². The zero-order valence-corrected chi connectivity index (χ0v) is 47.5. The second-order valence-corrected chi connectivity index (χ2v) is 22.6. The number of likely N-dealkylation sites (tertiary alicyclic amines) is 1. The molecule has 4 aliphatic rings. The van der Waals surface area contributed by atoms with Gasteiger partial charge in [-0.3, -0.25) is 14.4 Å². The Bertz CT molecular complexity index is 2370. The molecule has 5 rings (SSSR count). The number of fused-ring (bicyclic) bond motifs is 2. The molecule has 1 saturated heterocycles. The van der Waals surface area contributed by atoms with Crippen LogP contribution in [0.25, 0.3) is 5.57 Å². The third-order valence-corrected chi connectivity index (χ3v) is 16.2. The summed E-state index contributed by atoms with van der Waals surface area (Å²) >= 11 is 0. The molecule has 2 aliphatic heterocycles. The summed E-state index contributed by atoms with van der Waals surface area (Å²) in [5.74, 6) is -0.742. The zero-order valence-electron chi connectivity index (χ0n) is 47.5. The Morgan fingerprint density at radius 2 is 1.24 bits per heavy atom. The smallest absolute Gasteiger partial charge is 0.506 e. The first kappa shape index (κ1) is 59.5. The van der Waals surface area contributed by atoms with E-state index >= 15 is 0 Å². The van der Waals surface area contributed by atoms with Crippen molar-refractivity contribution in [1.82, 2.24) is 4.90 Å². The van der Waals surface area contributed by atoms with Crippen molar-refractivity contribution in [3.05, 3.63) is 63.6 Å². The number of amides is 2. The summed E-state index contributed by atoms with van der Waals surface area (Å²) in [5, 5.41) is 15.4. The van der Waals surface area contributed by atoms with Crippen molar-refractivity contribution in [2.75, 3.05) is 36.6 Å². The molecule has 4 atom stereocenters. The highest BCUT2D eigenvalue weighted by Crippen LogP contribution is 2.53. The number of ketones is 1. The maximum Gasteiger partial charge on any atom is 0.508 e. The Labute approximate surface area is 442 Å². The predicted octanol–water partition coefficient (Wildman–Crippen LogP) is 13.7. The molecular weight excluding hydrogens is 937 g/mol. The van der Waals surface area contributed by atoms with Crippen LogP contribution in [0.3, 0.4) is 0 Å². The lowest BCUT2D eigenvalue weighted by atomic mass is 9.73. The molecule has 0 spiro atoms. The van der Waals surface area contributed by atoms with Gasteiger partial charge in [0.2, 0.25) is 17.6 Å². The van der Waals surface area contributed by atoms with Gasteiger partial charge in [-0.15, -0.1) is 0 Å². The summed E-state index contributed by atoms with van der Waals surface area (Å²) in [6.07, 6.45) is 12.5. The van der Waals surface area contributed by atoms with Gasteiger partial charge in [-0.25, -0.2) is 14.6 Å². The molecule has 0 saturated carbocycles. The third-order valence-electron chi connectivity index (χ3n) is 16.2. The zero-order chi connectivity index (χ0) is 54.7. The Balaban J connectivity index is 1.42. The molecule has 0 radical (unpaired) electrons. The fraction of sp³-hybridized carbons (Fsp3) is 0.667. The van der Waals surface area contributed by atoms with Crippen LogP contribution in [0, 0.1) is 17.3 Å². The molecular formula is C60H90N4O10. The molecule has 0 bridgehead atoms. The van der Waals surface area contributed by atoms with Crippen LogP contribution in [-0.2, 0) is 38.7 Å². The van der Waals surface area contributed by atoms with E-state index < -0.39 is 24.0 Å². The summed E-state index contributed by atoms with van der Waals surface area (Å²) in [5.41, 5.74) is 4.72. The molecule has 1 aromatic carbocycles. The second kappa shape index (κ2) is 26.4. The van der Waals surface area contributed by atoms with Crippen LogP contribution in [0.2, 0.25) is 0 Å². The normalized spacial score (nSPS) is 21.0. The Hall–Kier alpha value is -5.40. The highest BCUT2D eigenvalue weighted by atomic mass is 16.7. The van der Waals surface area contributed by atoms with Crippen LogP contribution in [0.4, 0.5) is 21.0 Å². The van der Waals surface area contributed by atoms with Crippen LogP contribution >= 0.6 is 0 Å². The SMILES string of the molecule is CCCCC(CC)COC(=O)OCCCCC(=O)N=C1C=C2C(=CC1=C1C(=O)C(c3cc4c(cc3NC(=O)CCCCOC(=O)OCC(CC)CCCC)N(C(C)C)C(C)C4(C)C)=C1O)C(C)(C)C(C)N2C(C)C. The number of hydrogen-bond acceptors (Lipinski definition) is 12. The number of Topliss-reactive ketones (excluding diaryl/α,β-unsaturated/α-hetero) is 1. The van der Waals surface area contributed by atoms with Crippen molar-refractivity contribution in [2.24, 2.45) is 22.2 Å². The number of anilines is 2. The summed E-state index contributed by atoms with van der Waals surface area (Å²) in [4.78, 5) is 76.3. The van der Waals surface area contributed by atoms with Crippen LogP contribution in [0.1, 0.15) is 198 Å². The molecule has 4 unspecified atom stereocenters. The highest BCUT2D eigenvalue weighted by Gasteiger charge is 2.49. The number of rotatable bonds is 26. The monoisotopic (exact) mass is 1030 g/mol. The maximum absolute atomic E-state index is 14.9. The van der Waals surface area contributed by atoms with E-state index in [0.717, 1.165) is 73.9 Å². The number of nitrogens with one attached hydrogen (secondary N) is 1. The fourth-order valence-electron chi connectivity index (χ4n) is 10.9. The number of carbonyl (C=O) groups is 5. The van der Waals surface area contributed by atoms with Gasteiger partial charge in [0.1, 0.15) is 5.76 Å². The van der Waals surface area contributed by atoms with Gasteiger partial charge >= 0.3 is 12.3 Å². The van der Waals surface area contributed by atoms with E-state index in [0.29, 0.717) is 67.6 Å². The maximum atomic E-state index is 14.9. The van der Waals surface area contributed by atoms with Crippen molar-refractivity contribution in [3.8, 4) is 0 Å². The lowest BCUT2D eigenvalue weighted by Gasteiger charge is -2.34. The lowest BCUT2D eigenvalue weighted by Crippen LogP contribution is -2.42. The van der Waals surface area contributed by atoms with E-state index in [-0.39, 0.29) is 89.6 Å². The Morgan fingerprint density at radius 1 is 0.703 bits per heavy atom. The third kappa shape index (κ3) is 13.7. The molecule has 14 heteroatoms. The van der Waals surface area contributed by atoms with Crippen molar-refractivity contribution in [1.29, 1.82) is 0 Å². The standard InChI is InChI=1S/C60H90N4O10/c1-15-19-25-41(17-3)35-73-57(69)71-29-23-21-27-51(65)61-47-33-49-45(59(11,12)39(9)63(49)37(5)6)31-43(47)53-55(67)54(56(53)68)44-32-46-50(64(38(7)8)40(10)60(46,13)14)34-48(44)62-52(66)28-22-24-30-72-58(70)74-36-42(18-4)26-20-16-2/h31-34,37-42,67H,15-30,35-36H2,1-14H3,(H,61,65). The lowest BCUT2D eigenvalue weighted by molar-refractivity contribution is -0.118. The number of benzene rings is 1. The van der Waals surface area contributed by atoms with Crippen molar-refractivity contribution >= 4 is 52.6 Å². The number of hydrogen-bond donors (Lipinski definition) is 2. The fourth-order valence-corrected chi connectivity index (χ4v) is 10.9. The van der Waals surface area contributed by atoms with Gasteiger partial charge in [0.05, 0.1) is 49.0 Å². The number of aliphatic hydroxyl groups is 1. The van der Waals surface area contributed by atoms with Gasteiger partial charge < -0.3 is 39.2 Å². The summed E-state index contributed by atoms with van der Waals surface area (Å²) in [7, 11) is 0. The molecule has 1 fully saturated rings. The first-order chi connectivity index (χ1) is 35.0. The van der Waals surface area contributed by atoms with Crippen LogP contribution in [-0.4, -0.2) is 96.2 Å². The number of nitrogens with zero attached hydrogens (tertiary/aromatic N) is 3. The number of carbonyl (C=O) groups excluding carboxylic acids is 5. The molecule has 2 heterocycles. The van der Waals surface area contributed by atoms with Crippen LogP contribution in [0.15, 0.2) is 57.5 Å². The van der Waals surface area contributed by atoms with Gasteiger partial charge in [-0.05, 0) is 127 Å². The summed E-state index contributed by atoms with van der Waals surface area (Å²) in [6, 6.07) is 4.28. The number of aliphatic imine (C=N–C) groups is 1. The minimum atomic E-state index is -0.707. The van der Waals surface area contributed by atoms with Crippen molar-refractivity contribution in [3.63, 3.8) is 0 Å². The molecule has 74 heavy (non-hydrogen) atoms. The Morgan fingerprint density at radius 3 is 1.76 bits per heavy atom. The minimum absolute atomic E-state index is 0.0617. The van der Waals surface area contributed by atoms with Gasteiger partial charge in [0.25, 0.3) is 0 Å². The van der Waals surface area contributed by atoms with Gasteiger partial charge in [-0.1, -0.05) is 93.9 Å².